The molecule has 0 bridgehead atoms. The zero-order chi connectivity index (χ0) is 12.1. The fraction of sp³-hybridized carbons (Fsp3) is 0. The molecule has 82 valence electrons. The van der Waals surface area contributed by atoms with E-state index in [0.717, 1.165) is 5.46 Å². The molecule has 0 nitrogen and oxygen atoms in total. The lowest BCUT2D eigenvalue weighted by atomic mass is 9.94. The second-order valence-corrected chi connectivity index (χ2v) is 5.51. The van der Waals surface area contributed by atoms with Gasteiger partial charge in [-0.25, -0.2) is 0 Å². The van der Waals surface area contributed by atoms with Crippen molar-refractivity contribution in [3.63, 3.8) is 0 Å². The molecule has 18 heavy (non-hydrogen) atoms. The van der Waals surface area contributed by atoms with Crippen LogP contribution in [0.3, 0.4) is 0 Å². The number of rotatable bonds is 0. The van der Waals surface area contributed by atoms with Gasteiger partial charge in [-0.15, -0.1) is 11.3 Å². The molecule has 0 amide bonds. The molecule has 4 aromatic rings. The van der Waals surface area contributed by atoms with E-state index in [9.17, 15) is 0 Å². The Morgan fingerprint density at radius 2 is 1.44 bits per heavy atom. The Hall–Kier alpha value is -1.80. The largest absolute Gasteiger partial charge is 0.135 e. The highest BCUT2D eigenvalue weighted by Crippen LogP contribution is 2.37. The maximum Gasteiger partial charge on any atom is 0.115 e. The highest BCUT2D eigenvalue weighted by molar-refractivity contribution is 7.27. The third kappa shape index (κ3) is 1.27. The van der Waals surface area contributed by atoms with Crippen molar-refractivity contribution < 1.29 is 0 Å². The van der Waals surface area contributed by atoms with Crippen molar-refractivity contribution in [2.45, 2.75) is 0 Å². The van der Waals surface area contributed by atoms with E-state index < -0.39 is 0 Å². The summed E-state index contributed by atoms with van der Waals surface area (Å²) in [6, 6.07) is 19.1. The third-order valence-electron chi connectivity index (χ3n) is 3.42. The third-order valence-corrected chi connectivity index (χ3v) is 4.72. The maximum absolute atomic E-state index is 6.07. The average Bonchev–Trinajstić information content (AvgIpc) is 2.79. The molecule has 1 heterocycles. The Balaban J connectivity index is 2.33. The minimum atomic E-state index is 0.873. The molecule has 0 saturated carbocycles. The molecule has 0 saturated heterocycles. The van der Waals surface area contributed by atoms with Crippen LogP contribution in [-0.4, -0.2) is 7.85 Å². The van der Waals surface area contributed by atoms with Crippen LogP contribution >= 0.6 is 11.3 Å². The monoisotopic (exact) mass is 244 g/mol. The zero-order valence-corrected chi connectivity index (χ0v) is 10.5. The molecule has 0 aliphatic rings. The van der Waals surface area contributed by atoms with Gasteiger partial charge in [0.05, 0.1) is 0 Å². The summed E-state index contributed by atoms with van der Waals surface area (Å²) in [5.74, 6) is 0. The number of thiophene rings is 1. The molecule has 0 aliphatic carbocycles. The number of hydrogen-bond donors (Lipinski definition) is 0. The van der Waals surface area contributed by atoms with E-state index in [1.807, 2.05) is 12.1 Å². The van der Waals surface area contributed by atoms with Gasteiger partial charge in [0, 0.05) is 14.8 Å². The summed E-state index contributed by atoms with van der Waals surface area (Å²) >= 11 is 1.79. The molecule has 1 aromatic heterocycles. The van der Waals surface area contributed by atoms with Crippen LogP contribution in [0, 0.1) is 0 Å². The molecule has 0 aliphatic heterocycles. The molecule has 0 fully saturated rings. The van der Waals surface area contributed by atoms with Crippen molar-refractivity contribution in [2.24, 2.45) is 0 Å². The number of hydrogen-bond acceptors (Lipinski definition) is 1. The second kappa shape index (κ2) is 3.60. The van der Waals surface area contributed by atoms with Crippen molar-refractivity contribution in [3.8, 4) is 0 Å². The summed E-state index contributed by atoms with van der Waals surface area (Å²) < 4.78 is 2.53. The first-order valence-corrected chi connectivity index (χ1v) is 6.75. The van der Waals surface area contributed by atoms with Crippen LogP contribution in [0.25, 0.3) is 30.9 Å². The Morgan fingerprint density at radius 1 is 0.667 bits per heavy atom. The van der Waals surface area contributed by atoms with Gasteiger partial charge in [-0.3, -0.25) is 0 Å². The summed E-state index contributed by atoms with van der Waals surface area (Å²) in [6.45, 7) is 0. The van der Waals surface area contributed by atoms with Crippen LogP contribution in [0.5, 0.6) is 0 Å². The highest BCUT2D eigenvalue weighted by atomic mass is 32.1. The Kier molecular flexibility index (Phi) is 2.03. The van der Waals surface area contributed by atoms with E-state index >= 15 is 0 Å². The molecule has 0 N–H and O–H groups in total. The van der Waals surface area contributed by atoms with Gasteiger partial charge >= 0.3 is 0 Å². The SMILES string of the molecule is [B]c1cccc2c1sc1c3ccccc3ccc21. The Labute approximate surface area is 110 Å². The standard InChI is InChI=1S/C16H9BS/c17-14-7-3-6-12-13-9-8-10-4-1-2-5-11(10)15(13)18-16(12)14/h1-9H. The Bertz CT molecular complexity index is 889. The molecular weight excluding hydrogens is 235 g/mol. The minimum Gasteiger partial charge on any atom is -0.135 e. The van der Waals surface area contributed by atoms with Gasteiger partial charge in [0.1, 0.15) is 7.85 Å². The summed E-state index contributed by atoms with van der Waals surface area (Å²) in [7, 11) is 6.07. The number of fused-ring (bicyclic) bond motifs is 5. The molecule has 4 rings (SSSR count). The van der Waals surface area contributed by atoms with Gasteiger partial charge in [-0.05, 0) is 16.2 Å². The van der Waals surface area contributed by atoms with Gasteiger partial charge < -0.3 is 0 Å². The fourth-order valence-corrected chi connectivity index (χ4v) is 3.81. The van der Waals surface area contributed by atoms with Crippen molar-refractivity contribution in [1.82, 2.24) is 0 Å². The normalized spacial score (nSPS) is 11.6. The minimum absolute atomic E-state index is 0.873. The first-order chi connectivity index (χ1) is 8.84. The summed E-state index contributed by atoms with van der Waals surface area (Å²) in [6.07, 6.45) is 0. The molecule has 0 atom stereocenters. The highest BCUT2D eigenvalue weighted by Gasteiger charge is 2.08. The average molecular weight is 244 g/mol. The van der Waals surface area contributed by atoms with E-state index in [0.29, 0.717) is 0 Å². The molecule has 0 unspecified atom stereocenters. The van der Waals surface area contributed by atoms with E-state index in [-0.39, 0.29) is 0 Å². The van der Waals surface area contributed by atoms with Crippen LogP contribution in [0.2, 0.25) is 0 Å². The van der Waals surface area contributed by atoms with Crippen LogP contribution in [-0.2, 0) is 0 Å². The predicted molar refractivity (Wildman–Crippen MR) is 82.2 cm³/mol. The first-order valence-electron chi connectivity index (χ1n) is 5.93. The maximum atomic E-state index is 6.07. The van der Waals surface area contributed by atoms with Crippen LogP contribution in [0.15, 0.2) is 54.6 Å². The van der Waals surface area contributed by atoms with E-state index in [1.54, 1.807) is 11.3 Å². The van der Waals surface area contributed by atoms with E-state index in [2.05, 4.69) is 42.5 Å². The van der Waals surface area contributed by atoms with E-state index in [4.69, 9.17) is 7.85 Å². The lowest BCUT2D eigenvalue weighted by Gasteiger charge is -1.98. The van der Waals surface area contributed by atoms with Crippen molar-refractivity contribution >= 4 is 55.6 Å². The van der Waals surface area contributed by atoms with Gasteiger partial charge in [0.15, 0.2) is 0 Å². The summed E-state index contributed by atoms with van der Waals surface area (Å²) in [5.41, 5.74) is 0.873. The van der Waals surface area contributed by atoms with Gasteiger partial charge in [-0.2, -0.15) is 0 Å². The van der Waals surface area contributed by atoms with Gasteiger partial charge in [-0.1, -0.05) is 60.1 Å². The van der Waals surface area contributed by atoms with Crippen molar-refractivity contribution in [1.29, 1.82) is 0 Å². The second-order valence-electron chi connectivity index (χ2n) is 4.49. The summed E-state index contributed by atoms with van der Waals surface area (Å²) in [5, 5.41) is 5.17. The quantitative estimate of drug-likeness (QED) is 0.410. The van der Waals surface area contributed by atoms with Crippen molar-refractivity contribution in [3.05, 3.63) is 54.6 Å². The first kappa shape index (κ1) is 10.2. The summed E-state index contributed by atoms with van der Waals surface area (Å²) in [4.78, 5) is 0. The van der Waals surface area contributed by atoms with Gasteiger partial charge in [0.25, 0.3) is 0 Å². The van der Waals surface area contributed by atoms with Gasteiger partial charge in [0.2, 0.25) is 0 Å². The van der Waals surface area contributed by atoms with Crippen LogP contribution < -0.4 is 5.46 Å². The smallest absolute Gasteiger partial charge is 0.115 e. The van der Waals surface area contributed by atoms with E-state index in [1.165, 1.54) is 30.9 Å². The topological polar surface area (TPSA) is 0 Å². The van der Waals surface area contributed by atoms with Crippen LogP contribution in [0.1, 0.15) is 0 Å². The zero-order valence-electron chi connectivity index (χ0n) is 9.68. The lowest BCUT2D eigenvalue weighted by Crippen LogP contribution is -1.99. The molecule has 3 aromatic carbocycles. The number of benzene rings is 3. The fourth-order valence-electron chi connectivity index (χ4n) is 2.55. The Morgan fingerprint density at radius 3 is 2.39 bits per heavy atom. The lowest BCUT2D eigenvalue weighted by molar-refractivity contribution is 1.82. The molecule has 0 spiro atoms. The van der Waals surface area contributed by atoms with Crippen molar-refractivity contribution in [2.75, 3.05) is 0 Å². The molecule has 2 radical (unpaired) electrons. The van der Waals surface area contributed by atoms with Crippen LogP contribution in [0.4, 0.5) is 0 Å². The molecular formula is C16H9BS. The molecule has 2 heteroatoms. The predicted octanol–water partition coefficient (Wildman–Crippen LogP) is 4.00.